The predicted molar refractivity (Wildman–Crippen MR) is 164 cm³/mol. The van der Waals surface area contributed by atoms with E-state index in [1.54, 1.807) is 0 Å². The van der Waals surface area contributed by atoms with Gasteiger partial charge in [0.05, 0.1) is 26.4 Å². The summed E-state index contributed by atoms with van der Waals surface area (Å²) in [5, 5.41) is 20.7. The Hall–Kier alpha value is -4.30. The fraction of sp³-hybridized carbons (Fsp3) is 0.278. The van der Waals surface area contributed by atoms with Crippen LogP contribution in [0.25, 0.3) is 0 Å². The van der Waals surface area contributed by atoms with Crippen LogP contribution < -0.4 is 0 Å². The molecule has 224 valence electrons. The van der Waals surface area contributed by atoms with Crippen LogP contribution in [0.2, 0.25) is 0 Å². The molecule has 7 heteroatoms. The van der Waals surface area contributed by atoms with Gasteiger partial charge in [-0.3, -0.25) is 9.59 Å². The van der Waals surface area contributed by atoms with Crippen molar-refractivity contribution in [2.45, 2.75) is 23.7 Å². The first kappa shape index (κ1) is 31.6. The highest BCUT2D eigenvalue weighted by Gasteiger charge is 2.42. The van der Waals surface area contributed by atoms with Crippen LogP contribution in [0.4, 0.5) is 0 Å². The molecule has 0 aliphatic rings. The van der Waals surface area contributed by atoms with Crippen molar-refractivity contribution >= 4 is 11.9 Å². The van der Waals surface area contributed by atoms with Gasteiger partial charge in [0.1, 0.15) is 10.8 Å². The zero-order valence-corrected chi connectivity index (χ0v) is 24.1. The molecule has 4 aromatic rings. The molecule has 0 aromatic heterocycles. The summed E-state index contributed by atoms with van der Waals surface area (Å²) in [5.41, 5.74) is 0.382. The fourth-order valence-corrected chi connectivity index (χ4v) is 5.50. The van der Waals surface area contributed by atoms with Crippen molar-refractivity contribution in [3.63, 3.8) is 0 Å². The molecule has 0 aliphatic heterocycles. The number of rotatable bonds is 18. The van der Waals surface area contributed by atoms with E-state index < -0.39 is 22.8 Å². The zero-order chi connectivity index (χ0) is 30.4. The Labute approximate surface area is 252 Å². The van der Waals surface area contributed by atoms with Gasteiger partial charge in [-0.05, 0) is 35.1 Å². The van der Waals surface area contributed by atoms with Crippen LogP contribution in [0.3, 0.4) is 0 Å². The highest BCUT2D eigenvalue weighted by molar-refractivity contribution is 5.86. The average Bonchev–Trinajstić information content (AvgIpc) is 3.05. The Balaban J connectivity index is 1.23. The molecule has 0 heterocycles. The van der Waals surface area contributed by atoms with Gasteiger partial charge in [-0.25, -0.2) is 0 Å². The van der Waals surface area contributed by atoms with E-state index in [9.17, 15) is 19.8 Å². The van der Waals surface area contributed by atoms with E-state index in [-0.39, 0.29) is 26.1 Å². The van der Waals surface area contributed by atoms with Crippen molar-refractivity contribution in [2.75, 3.05) is 39.6 Å². The lowest BCUT2D eigenvalue weighted by Gasteiger charge is -2.31. The third kappa shape index (κ3) is 7.56. The number of hydrogen-bond acceptors (Lipinski definition) is 5. The molecule has 43 heavy (non-hydrogen) atoms. The first-order valence-corrected chi connectivity index (χ1v) is 14.4. The minimum atomic E-state index is -1.22. The molecule has 0 saturated carbocycles. The molecule has 0 fully saturated rings. The van der Waals surface area contributed by atoms with Crippen LogP contribution in [0.15, 0.2) is 121 Å². The van der Waals surface area contributed by atoms with Crippen LogP contribution in [0.5, 0.6) is 0 Å². The van der Waals surface area contributed by atoms with Gasteiger partial charge in [-0.1, -0.05) is 121 Å². The summed E-state index contributed by atoms with van der Waals surface area (Å²) in [4.78, 5) is 25.3. The van der Waals surface area contributed by atoms with Crippen LogP contribution in [-0.4, -0.2) is 61.8 Å². The second-order valence-corrected chi connectivity index (χ2v) is 10.2. The second kappa shape index (κ2) is 15.8. The number of benzene rings is 4. The molecule has 0 atom stereocenters. The lowest BCUT2D eigenvalue weighted by atomic mass is 9.72. The summed E-state index contributed by atoms with van der Waals surface area (Å²) < 4.78 is 17.2. The van der Waals surface area contributed by atoms with Gasteiger partial charge in [-0.15, -0.1) is 0 Å². The maximum absolute atomic E-state index is 12.6. The average molecular weight is 583 g/mol. The van der Waals surface area contributed by atoms with Crippen LogP contribution in [-0.2, 0) is 34.6 Å². The largest absolute Gasteiger partial charge is 0.480 e. The Bertz CT molecular complexity index is 1200. The van der Waals surface area contributed by atoms with Gasteiger partial charge in [0.15, 0.2) is 0 Å². The standard InChI is InChI=1S/C36H38O7/c37-33(38)35(29-13-5-1-6-14-29,30-15-7-2-8-16-30)21-23-41-25-27-43-28-26-42-24-22-36(34(39)40,31-17-9-3-10-18-31)32-19-11-4-12-20-32/h1-20H,21-28H2,(H,37,38)(H,39,40). The van der Waals surface area contributed by atoms with Crippen molar-refractivity contribution in [1.29, 1.82) is 0 Å². The minimum absolute atomic E-state index is 0.242. The Kier molecular flexibility index (Phi) is 11.6. The molecule has 4 rings (SSSR count). The van der Waals surface area contributed by atoms with E-state index in [2.05, 4.69) is 0 Å². The number of carboxylic acid groups (broad SMARTS) is 2. The molecule has 2 N–H and O–H groups in total. The topological polar surface area (TPSA) is 102 Å². The molecule has 7 nitrogen and oxygen atoms in total. The van der Waals surface area contributed by atoms with E-state index in [0.717, 1.165) is 0 Å². The SMILES string of the molecule is O=C(O)C(CCOCCOCCOCCC(C(=O)O)(c1ccccc1)c1ccccc1)(c1ccccc1)c1ccccc1. The molecule has 0 saturated heterocycles. The minimum Gasteiger partial charge on any atom is -0.480 e. The lowest BCUT2D eigenvalue weighted by Crippen LogP contribution is -2.38. The van der Waals surface area contributed by atoms with Crippen molar-refractivity contribution in [2.24, 2.45) is 0 Å². The smallest absolute Gasteiger partial charge is 0.318 e. The van der Waals surface area contributed by atoms with Gasteiger partial charge in [0, 0.05) is 13.2 Å². The molecule has 0 spiro atoms. The van der Waals surface area contributed by atoms with Crippen molar-refractivity contribution in [3.05, 3.63) is 144 Å². The van der Waals surface area contributed by atoms with Gasteiger partial charge in [0.2, 0.25) is 0 Å². The van der Waals surface area contributed by atoms with Gasteiger partial charge in [-0.2, -0.15) is 0 Å². The highest BCUT2D eigenvalue weighted by atomic mass is 16.5. The van der Waals surface area contributed by atoms with Crippen molar-refractivity contribution in [1.82, 2.24) is 0 Å². The second-order valence-electron chi connectivity index (χ2n) is 10.2. The van der Waals surface area contributed by atoms with Crippen LogP contribution in [0, 0.1) is 0 Å². The van der Waals surface area contributed by atoms with Crippen molar-refractivity contribution in [3.8, 4) is 0 Å². The van der Waals surface area contributed by atoms with Gasteiger partial charge in [0.25, 0.3) is 0 Å². The normalized spacial score (nSPS) is 11.7. The molecule has 0 unspecified atom stereocenters. The fourth-order valence-electron chi connectivity index (χ4n) is 5.50. The molecular weight excluding hydrogens is 544 g/mol. The van der Waals surface area contributed by atoms with Gasteiger partial charge >= 0.3 is 11.9 Å². The van der Waals surface area contributed by atoms with Crippen LogP contribution in [0.1, 0.15) is 35.1 Å². The third-order valence-corrected chi connectivity index (χ3v) is 7.78. The molecule has 0 radical (unpaired) electrons. The Morgan fingerprint density at radius 3 is 0.884 bits per heavy atom. The maximum atomic E-state index is 12.6. The number of aliphatic carboxylic acids is 2. The monoisotopic (exact) mass is 582 g/mol. The quantitative estimate of drug-likeness (QED) is 0.140. The number of hydrogen-bond donors (Lipinski definition) is 2. The van der Waals surface area contributed by atoms with Crippen LogP contribution >= 0.6 is 0 Å². The van der Waals surface area contributed by atoms with E-state index in [1.165, 1.54) is 0 Å². The summed E-state index contributed by atoms with van der Waals surface area (Å²) in [6, 6.07) is 36.9. The number of carboxylic acids is 2. The Morgan fingerprint density at radius 2 is 0.651 bits per heavy atom. The molecule has 4 aromatic carbocycles. The molecule has 0 bridgehead atoms. The first-order valence-electron chi connectivity index (χ1n) is 14.4. The lowest BCUT2D eigenvalue weighted by molar-refractivity contribution is -0.143. The Morgan fingerprint density at radius 1 is 0.419 bits per heavy atom. The van der Waals surface area contributed by atoms with Crippen molar-refractivity contribution < 1.29 is 34.0 Å². The number of carbonyl (C=O) groups is 2. The summed E-state index contributed by atoms with van der Waals surface area (Å²) in [6.07, 6.45) is 0.543. The summed E-state index contributed by atoms with van der Waals surface area (Å²) >= 11 is 0. The molecule has 0 aliphatic carbocycles. The first-order chi connectivity index (χ1) is 21.0. The molecule has 0 amide bonds. The van der Waals surface area contributed by atoms with Gasteiger partial charge < -0.3 is 24.4 Å². The predicted octanol–water partition coefficient (Wildman–Crippen LogP) is 5.96. The highest BCUT2D eigenvalue weighted by Crippen LogP contribution is 2.37. The third-order valence-electron chi connectivity index (χ3n) is 7.78. The maximum Gasteiger partial charge on any atom is 0.318 e. The van der Waals surface area contributed by atoms with E-state index in [1.807, 2.05) is 121 Å². The van der Waals surface area contributed by atoms with E-state index in [4.69, 9.17) is 14.2 Å². The summed E-state index contributed by atoms with van der Waals surface area (Å²) in [5.74, 6) is -1.85. The van der Waals surface area contributed by atoms with E-state index in [0.29, 0.717) is 48.7 Å². The summed E-state index contributed by atoms with van der Waals surface area (Å²) in [7, 11) is 0. The summed E-state index contributed by atoms with van der Waals surface area (Å²) in [6.45, 7) is 1.76. The zero-order valence-electron chi connectivity index (χ0n) is 24.1. The molecular formula is C36H38O7. The number of ether oxygens (including phenoxy) is 3. The van der Waals surface area contributed by atoms with E-state index >= 15 is 0 Å².